The Balaban J connectivity index is 4.48. The maximum absolute atomic E-state index is 11.9. The zero-order chi connectivity index (χ0) is 12.2. The van der Waals surface area contributed by atoms with E-state index in [2.05, 4.69) is 10.7 Å². The summed E-state index contributed by atoms with van der Waals surface area (Å²) in [6.07, 6.45) is -4.73. The van der Waals surface area contributed by atoms with Gasteiger partial charge in [-0.1, -0.05) is 13.8 Å². The molecular formula is C7H14F3N5. The van der Waals surface area contributed by atoms with Gasteiger partial charge in [-0.15, -0.1) is 0 Å². The number of guanidine groups is 1. The molecule has 0 saturated heterocycles. The molecule has 0 amide bonds. The van der Waals surface area contributed by atoms with Crippen LogP contribution in [0.4, 0.5) is 13.2 Å². The summed E-state index contributed by atoms with van der Waals surface area (Å²) >= 11 is 0. The Morgan fingerprint density at radius 1 is 1.47 bits per heavy atom. The van der Waals surface area contributed by atoms with Crippen LogP contribution in [0, 0.1) is 11.3 Å². The first-order valence-corrected chi connectivity index (χ1v) is 4.16. The zero-order valence-electron chi connectivity index (χ0n) is 8.47. The number of hydrazine groups is 1. The van der Waals surface area contributed by atoms with Gasteiger partial charge in [-0.05, 0) is 5.92 Å². The second kappa shape index (κ2) is 4.96. The molecule has 0 aromatic carbocycles. The van der Waals surface area contributed by atoms with Crippen molar-refractivity contribution in [1.82, 2.24) is 5.01 Å². The largest absolute Gasteiger partial charge is 0.449 e. The van der Waals surface area contributed by atoms with Gasteiger partial charge >= 0.3 is 6.18 Å². The van der Waals surface area contributed by atoms with E-state index >= 15 is 0 Å². The Hall–Kier alpha value is -1.31. The van der Waals surface area contributed by atoms with Crippen LogP contribution in [-0.4, -0.2) is 29.5 Å². The van der Waals surface area contributed by atoms with Crippen molar-refractivity contribution < 1.29 is 13.2 Å². The fourth-order valence-electron chi connectivity index (χ4n) is 0.722. The topological polar surface area (TPSA) is 91.5 Å². The number of amidine groups is 1. The standard InChI is InChI=1S/C7H14F3N5/c1-4(2)3-15(13)6(12)14-5(11)7(8,9)10/h4H,3,13H2,1-2H3,(H3,11,12,14). The number of hydrogen-bond acceptors (Lipinski definition) is 2. The maximum Gasteiger partial charge on any atom is 0.449 e. The second-order valence-electron chi connectivity index (χ2n) is 3.36. The number of halogens is 3. The van der Waals surface area contributed by atoms with E-state index in [0.717, 1.165) is 5.01 Å². The molecule has 15 heavy (non-hydrogen) atoms. The van der Waals surface area contributed by atoms with E-state index in [1.807, 2.05) is 13.8 Å². The fraction of sp³-hybridized carbons (Fsp3) is 0.714. The van der Waals surface area contributed by atoms with Crippen molar-refractivity contribution in [2.24, 2.45) is 22.5 Å². The first kappa shape index (κ1) is 13.7. The van der Waals surface area contributed by atoms with Gasteiger partial charge in [-0.2, -0.15) is 18.2 Å². The molecule has 5 N–H and O–H groups in total. The van der Waals surface area contributed by atoms with Crippen LogP contribution < -0.4 is 11.6 Å². The van der Waals surface area contributed by atoms with Gasteiger partial charge in [0.1, 0.15) is 0 Å². The number of alkyl halides is 3. The lowest BCUT2D eigenvalue weighted by atomic mass is 10.2. The number of nitrogens with zero attached hydrogens (tertiary/aromatic N) is 2. The third kappa shape index (κ3) is 5.21. The minimum Gasteiger partial charge on any atom is -0.379 e. The van der Waals surface area contributed by atoms with Crippen LogP contribution >= 0.6 is 0 Å². The minimum absolute atomic E-state index is 0.109. The summed E-state index contributed by atoms with van der Waals surface area (Å²) < 4.78 is 35.8. The lowest BCUT2D eigenvalue weighted by Gasteiger charge is -2.18. The van der Waals surface area contributed by atoms with Crippen molar-refractivity contribution in [3.05, 3.63) is 0 Å². The van der Waals surface area contributed by atoms with Gasteiger partial charge in [-0.3, -0.25) is 10.4 Å². The summed E-state index contributed by atoms with van der Waals surface area (Å²) in [5.74, 6) is 3.11. The molecule has 0 bridgehead atoms. The SMILES string of the molecule is CC(C)CN(N)C(=N)/N=C(\N)C(F)(F)F. The summed E-state index contributed by atoms with van der Waals surface area (Å²) in [6, 6.07) is 0. The predicted molar refractivity (Wildman–Crippen MR) is 51.1 cm³/mol. The van der Waals surface area contributed by atoms with Gasteiger partial charge < -0.3 is 5.73 Å². The molecule has 0 rings (SSSR count). The van der Waals surface area contributed by atoms with Gasteiger partial charge in [0.15, 0.2) is 0 Å². The molecule has 0 aliphatic heterocycles. The summed E-state index contributed by atoms with van der Waals surface area (Å²) in [7, 11) is 0. The fourth-order valence-corrected chi connectivity index (χ4v) is 0.722. The molecule has 0 heterocycles. The van der Waals surface area contributed by atoms with Crippen LogP contribution in [0.2, 0.25) is 0 Å². The van der Waals surface area contributed by atoms with Crippen molar-refractivity contribution in [2.75, 3.05) is 6.54 Å². The molecule has 0 atom stereocenters. The first-order chi connectivity index (χ1) is 6.64. The number of rotatable bonds is 2. The first-order valence-electron chi connectivity index (χ1n) is 4.16. The number of nitrogens with one attached hydrogen (secondary N) is 1. The van der Waals surface area contributed by atoms with Crippen LogP contribution in [0.15, 0.2) is 4.99 Å². The van der Waals surface area contributed by atoms with Gasteiger partial charge in [0.25, 0.3) is 0 Å². The molecule has 0 radical (unpaired) electrons. The molecule has 0 fully saturated rings. The van der Waals surface area contributed by atoms with Gasteiger partial charge in [0.05, 0.1) is 0 Å². The lowest BCUT2D eigenvalue weighted by molar-refractivity contribution is -0.0597. The van der Waals surface area contributed by atoms with Crippen LogP contribution in [0.3, 0.4) is 0 Å². The van der Waals surface area contributed by atoms with Gasteiger partial charge in [0, 0.05) is 6.54 Å². The lowest BCUT2D eigenvalue weighted by Crippen LogP contribution is -2.41. The molecule has 0 spiro atoms. The van der Waals surface area contributed by atoms with E-state index in [4.69, 9.17) is 11.3 Å². The average molecular weight is 225 g/mol. The highest BCUT2D eigenvalue weighted by atomic mass is 19.4. The highest BCUT2D eigenvalue weighted by molar-refractivity contribution is 5.96. The third-order valence-corrected chi connectivity index (χ3v) is 1.35. The predicted octanol–water partition coefficient (Wildman–Crippen LogP) is 0.672. The number of hydrogen-bond donors (Lipinski definition) is 3. The highest BCUT2D eigenvalue weighted by Crippen LogP contribution is 2.14. The molecule has 88 valence electrons. The van der Waals surface area contributed by atoms with Crippen molar-refractivity contribution in [3.8, 4) is 0 Å². The molecule has 8 heteroatoms. The number of nitrogens with two attached hydrogens (primary N) is 2. The summed E-state index contributed by atoms with van der Waals surface area (Å²) in [5.41, 5.74) is 4.62. The molecule has 0 unspecified atom stereocenters. The van der Waals surface area contributed by atoms with E-state index < -0.39 is 18.0 Å². The van der Waals surface area contributed by atoms with Gasteiger partial charge in [0.2, 0.25) is 11.8 Å². The van der Waals surface area contributed by atoms with Crippen molar-refractivity contribution in [1.29, 1.82) is 5.41 Å². The zero-order valence-corrected chi connectivity index (χ0v) is 8.47. The normalized spacial score (nSPS) is 13.1. The van der Waals surface area contributed by atoms with E-state index in [-0.39, 0.29) is 12.5 Å². The van der Waals surface area contributed by atoms with Crippen molar-refractivity contribution in [2.45, 2.75) is 20.0 Å². The summed E-state index contributed by atoms with van der Waals surface area (Å²) in [4.78, 5) is 2.85. The minimum atomic E-state index is -4.73. The Kier molecular flexibility index (Phi) is 4.53. The summed E-state index contributed by atoms with van der Waals surface area (Å²) in [6.45, 7) is 3.85. The second-order valence-corrected chi connectivity index (χ2v) is 3.36. The Morgan fingerprint density at radius 3 is 2.27 bits per heavy atom. The molecule has 0 aliphatic carbocycles. The highest BCUT2D eigenvalue weighted by Gasteiger charge is 2.34. The average Bonchev–Trinajstić information content (AvgIpc) is 2.00. The smallest absolute Gasteiger partial charge is 0.379 e. The van der Waals surface area contributed by atoms with Crippen molar-refractivity contribution >= 4 is 11.8 Å². The Labute approximate surface area is 85.4 Å². The van der Waals surface area contributed by atoms with E-state index in [1.165, 1.54) is 0 Å². The van der Waals surface area contributed by atoms with Crippen LogP contribution in [-0.2, 0) is 0 Å². The number of aliphatic imine (C=N–C) groups is 1. The van der Waals surface area contributed by atoms with Crippen LogP contribution in [0.1, 0.15) is 13.8 Å². The maximum atomic E-state index is 11.9. The van der Waals surface area contributed by atoms with E-state index in [1.54, 1.807) is 0 Å². The molecule has 0 aromatic heterocycles. The monoisotopic (exact) mass is 225 g/mol. The molecular weight excluding hydrogens is 211 g/mol. The van der Waals surface area contributed by atoms with Gasteiger partial charge in [-0.25, -0.2) is 5.84 Å². The van der Waals surface area contributed by atoms with E-state index in [9.17, 15) is 13.2 Å². The molecule has 0 aliphatic rings. The summed E-state index contributed by atoms with van der Waals surface area (Å²) in [5, 5.41) is 7.94. The van der Waals surface area contributed by atoms with Crippen LogP contribution in [0.25, 0.3) is 0 Å². The quantitative estimate of drug-likeness (QED) is 0.279. The van der Waals surface area contributed by atoms with Crippen molar-refractivity contribution in [3.63, 3.8) is 0 Å². The van der Waals surface area contributed by atoms with Crippen LogP contribution in [0.5, 0.6) is 0 Å². The molecule has 0 aromatic rings. The Morgan fingerprint density at radius 2 is 1.93 bits per heavy atom. The molecule has 0 saturated carbocycles. The molecule has 5 nitrogen and oxygen atoms in total. The Bertz CT molecular complexity index is 258. The third-order valence-electron chi connectivity index (χ3n) is 1.35. The van der Waals surface area contributed by atoms with E-state index in [0.29, 0.717) is 0 Å².